The molecule has 0 aliphatic heterocycles. The fourth-order valence-corrected chi connectivity index (χ4v) is 1.97. The monoisotopic (exact) mass is 246 g/mol. The molecule has 88 valence electrons. The Labute approximate surface area is 97.5 Å². The van der Waals surface area contributed by atoms with Gasteiger partial charge in [-0.15, -0.1) is 0 Å². The van der Waals surface area contributed by atoms with Crippen molar-refractivity contribution in [2.24, 2.45) is 0 Å². The number of aliphatic hydroxyl groups excluding tert-OH is 1. The highest BCUT2D eigenvalue weighted by Gasteiger charge is 2.38. The Hall–Kier alpha value is -1.13. The Kier molecular flexibility index (Phi) is 3.55. The third kappa shape index (κ3) is 2.18. The number of aliphatic hydroxyl groups is 1. The minimum Gasteiger partial charge on any atom is -0.479 e. The zero-order chi connectivity index (χ0) is 12.5. The van der Waals surface area contributed by atoms with Crippen LogP contribution in [0.15, 0.2) is 18.2 Å². The van der Waals surface area contributed by atoms with E-state index in [0.29, 0.717) is 0 Å². The summed E-state index contributed by atoms with van der Waals surface area (Å²) in [5.41, 5.74) is -1.29. The van der Waals surface area contributed by atoms with Gasteiger partial charge in [-0.3, -0.25) is 0 Å². The van der Waals surface area contributed by atoms with Gasteiger partial charge < -0.3 is 10.2 Å². The van der Waals surface area contributed by atoms with Gasteiger partial charge in [0.1, 0.15) is 5.82 Å². The molecule has 0 aromatic heterocycles. The van der Waals surface area contributed by atoms with Crippen molar-refractivity contribution in [2.75, 3.05) is 0 Å². The molecule has 0 aliphatic rings. The summed E-state index contributed by atoms with van der Waals surface area (Å²) in [6.07, 6.45) is -1.72. The first-order valence-corrected chi connectivity index (χ1v) is 5.01. The van der Waals surface area contributed by atoms with E-state index in [9.17, 15) is 14.3 Å². The molecule has 1 aromatic rings. The molecule has 0 amide bonds. The number of rotatable bonds is 3. The lowest BCUT2D eigenvalue weighted by atomic mass is 9.79. The second-order valence-electron chi connectivity index (χ2n) is 4.06. The minimum atomic E-state index is -1.72. The maximum Gasteiger partial charge on any atom is 0.333 e. The number of halogens is 2. The molecule has 0 aliphatic carbocycles. The van der Waals surface area contributed by atoms with Crippen molar-refractivity contribution in [1.82, 2.24) is 0 Å². The molecule has 0 spiro atoms. The number of carbonyl (C=O) groups is 1. The van der Waals surface area contributed by atoms with Gasteiger partial charge in [-0.2, -0.15) is 0 Å². The van der Waals surface area contributed by atoms with Crippen molar-refractivity contribution in [3.63, 3.8) is 0 Å². The summed E-state index contributed by atoms with van der Waals surface area (Å²) in [6, 6.07) is 4.05. The zero-order valence-corrected chi connectivity index (χ0v) is 9.62. The first-order chi connectivity index (χ1) is 7.28. The number of hydrogen-bond acceptors (Lipinski definition) is 2. The van der Waals surface area contributed by atoms with Crippen molar-refractivity contribution in [3.8, 4) is 0 Å². The zero-order valence-electron chi connectivity index (χ0n) is 8.87. The van der Waals surface area contributed by atoms with Crippen LogP contribution in [0.1, 0.15) is 19.4 Å². The molecule has 1 atom stereocenters. The largest absolute Gasteiger partial charge is 0.479 e. The molecular formula is C11H12ClFO3. The second-order valence-corrected chi connectivity index (χ2v) is 4.47. The van der Waals surface area contributed by atoms with E-state index in [-0.39, 0.29) is 10.6 Å². The molecule has 5 heteroatoms. The lowest BCUT2D eigenvalue weighted by Gasteiger charge is -2.29. The molecule has 0 radical (unpaired) electrons. The summed E-state index contributed by atoms with van der Waals surface area (Å²) >= 11 is 5.82. The fraction of sp³-hybridized carbons (Fsp3) is 0.364. The minimum absolute atomic E-state index is 0.00608. The van der Waals surface area contributed by atoms with E-state index >= 15 is 0 Å². The van der Waals surface area contributed by atoms with E-state index in [2.05, 4.69) is 0 Å². The van der Waals surface area contributed by atoms with Gasteiger partial charge in [-0.25, -0.2) is 9.18 Å². The smallest absolute Gasteiger partial charge is 0.333 e. The number of carboxylic acid groups (broad SMARTS) is 1. The summed E-state index contributed by atoms with van der Waals surface area (Å²) in [5, 5.41) is 18.4. The third-order valence-electron chi connectivity index (χ3n) is 2.52. The van der Waals surface area contributed by atoms with Gasteiger partial charge in [0.25, 0.3) is 0 Å². The van der Waals surface area contributed by atoms with Gasteiger partial charge >= 0.3 is 5.97 Å². The van der Waals surface area contributed by atoms with Gasteiger partial charge in [-0.05, 0) is 12.1 Å². The van der Waals surface area contributed by atoms with Gasteiger partial charge in [-0.1, -0.05) is 31.5 Å². The molecule has 2 N–H and O–H groups in total. The topological polar surface area (TPSA) is 57.5 Å². The van der Waals surface area contributed by atoms with Crippen molar-refractivity contribution in [3.05, 3.63) is 34.6 Å². The van der Waals surface area contributed by atoms with Crippen LogP contribution in [0.3, 0.4) is 0 Å². The maximum atomic E-state index is 13.6. The first kappa shape index (κ1) is 12.9. The lowest BCUT2D eigenvalue weighted by Crippen LogP contribution is -2.40. The Morgan fingerprint density at radius 3 is 2.50 bits per heavy atom. The van der Waals surface area contributed by atoms with Crippen molar-refractivity contribution >= 4 is 17.6 Å². The van der Waals surface area contributed by atoms with Gasteiger partial charge in [0.15, 0.2) is 6.10 Å². The highest BCUT2D eigenvalue weighted by Crippen LogP contribution is 2.34. The van der Waals surface area contributed by atoms with E-state index in [1.165, 1.54) is 32.0 Å². The van der Waals surface area contributed by atoms with Crippen LogP contribution in [-0.2, 0) is 10.2 Å². The highest BCUT2D eigenvalue weighted by atomic mass is 35.5. The fourth-order valence-electron chi connectivity index (χ4n) is 1.56. The normalized spacial score (nSPS) is 13.6. The predicted octanol–water partition coefficient (Wildman–Crippen LogP) is 2.20. The molecule has 16 heavy (non-hydrogen) atoms. The van der Waals surface area contributed by atoms with Crippen LogP contribution in [0.25, 0.3) is 0 Å². The van der Waals surface area contributed by atoms with Crippen LogP contribution in [0.2, 0.25) is 5.02 Å². The number of aliphatic carboxylic acids is 1. The Morgan fingerprint density at radius 1 is 1.50 bits per heavy atom. The SMILES string of the molecule is CC(C)(c1c(F)cccc1Cl)C(O)C(=O)O. The molecule has 3 nitrogen and oxygen atoms in total. The van der Waals surface area contributed by atoms with Crippen molar-refractivity contribution in [1.29, 1.82) is 0 Å². The van der Waals surface area contributed by atoms with E-state index in [0.717, 1.165) is 0 Å². The number of benzene rings is 1. The summed E-state index contributed by atoms with van der Waals surface area (Å²) in [7, 11) is 0. The molecule has 0 saturated heterocycles. The van der Waals surface area contributed by atoms with E-state index in [4.69, 9.17) is 16.7 Å². The third-order valence-corrected chi connectivity index (χ3v) is 2.84. The van der Waals surface area contributed by atoms with Gasteiger partial charge in [0.05, 0.1) is 0 Å². The first-order valence-electron chi connectivity index (χ1n) is 4.64. The van der Waals surface area contributed by atoms with Crippen LogP contribution >= 0.6 is 11.6 Å². The molecule has 1 unspecified atom stereocenters. The van der Waals surface area contributed by atoms with Crippen LogP contribution in [0, 0.1) is 5.82 Å². The average molecular weight is 247 g/mol. The van der Waals surface area contributed by atoms with E-state index < -0.39 is 23.3 Å². The summed E-state index contributed by atoms with van der Waals surface area (Å²) in [6.45, 7) is 2.85. The summed E-state index contributed by atoms with van der Waals surface area (Å²) in [4.78, 5) is 10.7. The molecule has 0 heterocycles. The Morgan fingerprint density at radius 2 is 2.06 bits per heavy atom. The molecule has 0 saturated carbocycles. The Bertz CT molecular complexity index is 397. The average Bonchev–Trinajstić information content (AvgIpc) is 2.15. The number of carboxylic acids is 1. The maximum absolute atomic E-state index is 13.6. The summed E-state index contributed by atoms with van der Waals surface area (Å²) < 4.78 is 13.6. The molecule has 0 fully saturated rings. The quantitative estimate of drug-likeness (QED) is 0.860. The van der Waals surface area contributed by atoms with Crippen LogP contribution < -0.4 is 0 Å². The van der Waals surface area contributed by atoms with Crippen LogP contribution in [0.5, 0.6) is 0 Å². The van der Waals surface area contributed by atoms with Crippen LogP contribution in [0.4, 0.5) is 4.39 Å². The highest BCUT2D eigenvalue weighted by molar-refractivity contribution is 6.31. The van der Waals surface area contributed by atoms with Gasteiger partial charge in [0.2, 0.25) is 0 Å². The molecule has 1 rings (SSSR count). The predicted molar refractivity (Wildman–Crippen MR) is 58.1 cm³/mol. The van der Waals surface area contributed by atoms with E-state index in [1.807, 2.05) is 0 Å². The van der Waals surface area contributed by atoms with Crippen molar-refractivity contribution < 1.29 is 19.4 Å². The standard InChI is InChI=1S/C11H12ClFO3/c1-11(2,9(14)10(15)16)8-6(12)4-3-5-7(8)13/h3-5,9,14H,1-2H3,(H,15,16). The number of hydrogen-bond donors (Lipinski definition) is 2. The Balaban J connectivity index is 3.31. The van der Waals surface area contributed by atoms with E-state index in [1.54, 1.807) is 0 Å². The molecule has 1 aromatic carbocycles. The second kappa shape index (κ2) is 4.39. The lowest BCUT2D eigenvalue weighted by molar-refractivity contribution is -0.150. The molecule has 0 bridgehead atoms. The van der Waals surface area contributed by atoms with Crippen molar-refractivity contribution in [2.45, 2.75) is 25.4 Å². The summed E-state index contributed by atoms with van der Waals surface area (Å²) in [5.74, 6) is -2.04. The van der Waals surface area contributed by atoms with Crippen LogP contribution in [-0.4, -0.2) is 22.3 Å². The molecular weight excluding hydrogens is 235 g/mol. The van der Waals surface area contributed by atoms with Gasteiger partial charge in [0, 0.05) is 16.0 Å².